The molecule has 1 rings (SSSR count). The summed E-state index contributed by atoms with van der Waals surface area (Å²) in [5.41, 5.74) is -0.174. The Balaban J connectivity index is 2.72. The Morgan fingerprint density at radius 3 is 2.13 bits per heavy atom. The lowest BCUT2D eigenvalue weighted by molar-refractivity contribution is -0.166. The standard InChI is InChI=1S/C13H24O2/c1-4-13(5-2,15-11(3)14)12-9-7-6-8-10-12/h12H,4-10H2,1-3H3. The summed E-state index contributed by atoms with van der Waals surface area (Å²) in [4.78, 5) is 11.2. The summed E-state index contributed by atoms with van der Waals surface area (Å²) in [6.07, 6.45) is 8.31. The molecule has 15 heavy (non-hydrogen) atoms. The third-order valence-corrected chi connectivity index (χ3v) is 3.89. The van der Waals surface area contributed by atoms with E-state index in [4.69, 9.17) is 4.74 Å². The van der Waals surface area contributed by atoms with Crippen LogP contribution in [0.25, 0.3) is 0 Å². The molecule has 88 valence electrons. The second-order valence-electron chi connectivity index (χ2n) is 4.70. The van der Waals surface area contributed by atoms with E-state index >= 15 is 0 Å². The molecule has 0 atom stereocenters. The van der Waals surface area contributed by atoms with Crippen molar-refractivity contribution >= 4 is 5.97 Å². The Bertz CT molecular complexity index is 201. The van der Waals surface area contributed by atoms with Crippen LogP contribution in [0, 0.1) is 5.92 Å². The van der Waals surface area contributed by atoms with E-state index in [0.717, 1.165) is 12.8 Å². The molecule has 1 aliphatic rings. The van der Waals surface area contributed by atoms with Crippen LogP contribution in [0.5, 0.6) is 0 Å². The van der Waals surface area contributed by atoms with Crippen LogP contribution < -0.4 is 0 Å². The zero-order valence-electron chi connectivity index (χ0n) is 10.3. The van der Waals surface area contributed by atoms with Gasteiger partial charge in [0.15, 0.2) is 0 Å². The second-order valence-corrected chi connectivity index (χ2v) is 4.70. The smallest absolute Gasteiger partial charge is 0.303 e. The predicted molar refractivity (Wildman–Crippen MR) is 61.7 cm³/mol. The van der Waals surface area contributed by atoms with Crippen LogP contribution in [0.15, 0.2) is 0 Å². The molecular weight excluding hydrogens is 188 g/mol. The summed E-state index contributed by atoms with van der Waals surface area (Å²) < 4.78 is 5.64. The average molecular weight is 212 g/mol. The largest absolute Gasteiger partial charge is 0.459 e. The highest BCUT2D eigenvalue weighted by Gasteiger charge is 2.38. The molecule has 1 saturated carbocycles. The fourth-order valence-corrected chi connectivity index (χ4v) is 2.97. The van der Waals surface area contributed by atoms with Crippen LogP contribution in [0.2, 0.25) is 0 Å². The van der Waals surface area contributed by atoms with Gasteiger partial charge in [-0.15, -0.1) is 0 Å². The number of hydrogen-bond donors (Lipinski definition) is 0. The van der Waals surface area contributed by atoms with Crippen LogP contribution >= 0.6 is 0 Å². The minimum atomic E-state index is -0.174. The van der Waals surface area contributed by atoms with Gasteiger partial charge in [0.2, 0.25) is 0 Å². The van der Waals surface area contributed by atoms with Gasteiger partial charge in [0.25, 0.3) is 0 Å². The average Bonchev–Trinajstić information content (AvgIpc) is 2.27. The van der Waals surface area contributed by atoms with Crippen molar-refractivity contribution in [1.29, 1.82) is 0 Å². The molecule has 0 saturated heterocycles. The molecule has 2 nitrogen and oxygen atoms in total. The summed E-state index contributed by atoms with van der Waals surface area (Å²) in [6, 6.07) is 0. The van der Waals surface area contributed by atoms with E-state index in [2.05, 4.69) is 13.8 Å². The van der Waals surface area contributed by atoms with E-state index < -0.39 is 0 Å². The maximum Gasteiger partial charge on any atom is 0.303 e. The van der Waals surface area contributed by atoms with Crippen molar-refractivity contribution in [3.05, 3.63) is 0 Å². The van der Waals surface area contributed by atoms with E-state index in [1.54, 1.807) is 0 Å². The molecule has 0 aliphatic heterocycles. The maximum absolute atomic E-state index is 11.2. The third kappa shape index (κ3) is 2.96. The molecule has 0 N–H and O–H groups in total. The molecule has 0 amide bonds. The minimum absolute atomic E-state index is 0.121. The zero-order chi connectivity index (χ0) is 11.3. The van der Waals surface area contributed by atoms with E-state index in [0.29, 0.717) is 5.92 Å². The lowest BCUT2D eigenvalue weighted by Gasteiger charge is -2.40. The van der Waals surface area contributed by atoms with E-state index in [9.17, 15) is 4.79 Å². The van der Waals surface area contributed by atoms with Gasteiger partial charge < -0.3 is 4.74 Å². The number of carbonyl (C=O) groups is 1. The Morgan fingerprint density at radius 2 is 1.73 bits per heavy atom. The summed E-state index contributed by atoms with van der Waals surface area (Å²) in [7, 11) is 0. The van der Waals surface area contributed by atoms with Gasteiger partial charge in [-0.3, -0.25) is 4.79 Å². The van der Waals surface area contributed by atoms with Gasteiger partial charge in [-0.05, 0) is 31.6 Å². The molecule has 0 aromatic heterocycles. The van der Waals surface area contributed by atoms with Crippen molar-refractivity contribution in [3.8, 4) is 0 Å². The lowest BCUT2D eigenvalue weighted by atomic mass is 9.74. The van der Waals surface area contributed by atoms with Gasteiger partial charge in [-0.1, -0.05) is 33.1 Å². The minimum Gasteiger partial charge on any atom is -0.459 e. The van der Waals surface area contributed by atoms with E-state index in [1.807, 2.05) is 0 Å². The summed E-state index contributed by atoms with van der Waals surface area (Å²) in [6.45, 7) is 5.81. The van der Waals surface area contributed by atoms with Gasteiger partial charge >= 0.3 is 5.97 Å². The molecule has 0 bridgehead atoms. The molecule has 0 aromatic rings. The quantitative estimate of drug-likeness (QED) is 0.664. The van der Waals surface area contributed by atoms with Crippen LogP contribution in [0.3, 0.4) is 0 Å². The highest BCUT2D eigenvalue weighted by Crippen LogP contribution is 2.39. The van der Waals surface area contributed by atoms with Crippen molar-refractivity contribution in [2.24, 2.45) is 5.92 Å². The molecule has 0 heterocycles. The fourth-order valence-electron chi connectivity index (χ4n) is 2.97. The van der Waals surface area contributed by atoms with Crippen LogP contribution in [0.4, 0.5) is 0 Å². The Labute approximate surface area is 93.4 Å². The molecule has 2 heteroatoms. The van der Waals surface area contributed by atoms with Crippen molar-refractivity contribution in [1.82, 2.24) is 0 Å². The first kappa shape index (κ1) is 12.5. The SMILES string of the molecule is CCC(CC)(OC(C)=O)C1CCCCC1. The number of carbonyl (C=O) groups excluding carboxylic acids is 1. The topological polar surface area (TPSA) is 26.3 Å². The normalized spacial score (nSPS) is 18.9. The Hall–Kier alpha value is -0.530. The highest BCUT2D eigenvalue weighted by molar-refractivity contribution is 5.66. The van der Waals surface area contributed by atoms with Gasteiger partial charge in [0.1, 0.15) is 5.60 Å². The monoisotopic (exact) mass is 212 g/mol. The fraction of sp³-hybridized carbons (Fsp3) is 0.923. The molecular formula is C13H24O2. The van der Waals surface area contributed by atoms with Crippen molar-refractivity contribution in [3.63, 3.8) is 0 Å². The Kier molecular flexibility index (Phi) is 4.62. The number of ether oxygens (including phenoxy) is 1. The first-order valence-electron chi connectivity index (χ1n) is 6.34. The number of rotatable bonds is 4. The first-order chi connectivity index (χ1) is 7.14. The third-order valence-electron chi connectivity index (χ3n) is 3.89. The van der Waals surface area contributed by atoms with Gasteiger partial charge in [-0.25, -0.2) is 0 Å². The van der Waals surface area contributed by atoms with Crippen LogP contribution in [-0.4, -0.2) is 11.6 Å². The zero-order valence-corrected chi connectivity index (χ0v) is 10.3. The highest BCUT2D eigenvalue weighted by atomic mass is 16.6. The molecule has 1 aliphatic carbocycles. The number of esters is 1. The predicted octanol–water partition coefficient (Wildman–Crippen LogP) is 3.69. The molecule has 0 aromatic carbocycles. The maximum atomic E-state index is 11.2. The molecule has 1 fully saturated rings. The second kappa shape index (κ2) is 5.53. The van der Waals surface area contributed by atoms with Crippen molar-refractivity contribution in [2.75, 3.05) is 0 Å². The van der Waals surface area contributed by atoms with Crippen molar-refractivity contribution < 1.29 is 9.53 Å². The van der Waals surface area contributed by atoms with Crippen LogP contribution in [0.1, 0.15) is 65.7 Å². The molecule has 0 radical (unpaired) electrons. The molecule has 0 spiro atoms. The summed E-state index contributed by atoms with van der Waals surface area (Å²) in [5.74, 6) is 0.467. The summed E-state index contributed by atoms with van der Waals surface area (Å²) in [5, 5.41) is 0. The Morgan fingerprint density at radius 1 is 1.20 bits per heavy atom. The number of hydrogen-bond acceptors (Lipinski definition) is 2. The van der Waals surface area contributed by atoms with Gasteiger partial charge in [0.05, 0.1) is 0 Å². The van der Waals surface area contributed by atoms with Crippen molar-refractivity contribution in [2.45, 2.75) is 71.3 Å². The van der Waals surface area contributed by atoms with E-state index in [1.165, 1.54) is 39.0 Å². The van der Waals surface area contributed by atoms with Gasteiger partial charge in [0, 0.05) is 6.92 Å². The summed E-state index contributed by atoms with van der Waals surface area (Å²) >= 11 is 0. The first-order valence-corrected chi connectivity index (χ1v) is 6.34. The van der Waals surface area contributed by atoms with Gasteiger partial charge in [-0.2, -0.15) is 0 Å². The molecule has 0 unspecified atom stereocenters. The lowest BCUT2D eigenvalue weighted by Crippen LogP contribution is -2.42. The van der Waals surface area contributed by atoms with Crippen LogP contribution in [-0.2, 0) is 9.53 Å². The van der Waals surface area contributed by atoms with E-state index in [-0.39, 0.29) is 11.6 Å².